The van der Waals surface area contributed by atoms with Gasteiger partial charge in [0.2, 0.25) is 0 Å². The minimum Gasteiger partial charge on any atom is -0.481 e. The molecule has 1 atom stereocenters. The second-order valence-corrected chi connectivity index (χ2v) is 6.81. The molecule has 1 aromatic carbocycles. The molecule has 0 heterocycles. The van der Waals surface area contributed by atoms with Gasteiger partial charge in [-0.1, -0.05) is 63.3 Å². The van der Waals surface area contributed by atoms with E-state index in [1.54, 1.807) is 0 Å². The largest absolute Gasteiger partial charge is 0.481 e. The Kier molecular flexibility index (Phi) is 10.6. The van der Waals surface area contributed by atoms with E-state index < -0.39 is 11.9 Å². The van der Waals surface area contributed by atoms with Crippen molar-refractivity contribution in [2.75, 3.05) is 0 Å². The molecule has 0 amide bonds. The van der Waals surface area contributed by atoms with Gasteiger partial charge in [0, 0.05) is 6.42 Å². The Bertz CT molecular complexity index is 524. The number of hydrogen-bond donors (Lipinski definition) is 2. The average molecular weight is 348 g/mol. The lowest BCUT2D eigenvalue weighted by Crippen LogP contribution is -2.17. The van der Waals surface area contributed by atoms with Crippen molar-refractivity contribution in [3.63, 3.8) is 0 Å². The number of hydrogen-bond acceptors (Lipinski definition) is 2. The summed E-state index contributed by atoms with van der Waals surface area (Å²) in [7, 11) is 0. The zero-order valence-electron chi connectivity index (χ0n) is 15.4. The van der Waals surface area contributed by atoms with Gasteiger partial charge >= 0.3 is 11.9 Å². The summed E-state index contributed by atoms with van der Waals surface area (Å²) in [6, 6.07) is 8.20. The van der Waals surface area contributed by atoms with Crippen molar-refractivity contribution >= 4 is 11.9 Å². The van der Waals surface area contributed by atoms with E-state index in [1.165, 1.54) is 11.1 Å². The Balaban J connectivity index is 2.42. The molecule has 1 aromatic rings. The third-order valence-corrected chi connectivity index (χ3v) is 4.68. The van der Waals surface area contributed by atoms with Gasteiger partial charge < -0.3 is 10.2 Å². The molecule has 25 heavy (non-hydrogen) atoms. The summed E-state index contributed by atoms with van der Waals surface area (Å²) in [5, 5.41) is 18.1. The van der Waals surface area contributed by atoms with Crippen LogP contribution in [0.1, 0.15) is 75.8 Å². The first-order valence-corrected chi connectivity index (χ1v) is 9.56. The van der Waals surface area contributed by atoms with Crippen molar-refractivity contribution in [3.05, 3.63) is 35.4 Å². The highest BCUT2D eigenvalue weighted by atomic mass is 16.4. The molecule has 0 aliphatic rings. The van der Waals surface area contributed by atoms with E-state index in [-0.39, 0.29) is 12.3 Å². The molecule has 4 heteroatoms. The Labute approximate surface area is 151 Å². The molecule has 1 rings (SSSR count). The summed E-state index contributed by atoms with van der Waals surface area (Å²) in [6.07, 6.45) is 9.27. The van der Waals surface area contributed by atoms with Crippen LogP contribution in [0, 0.1) is 5.92 Å². The maximum Gasteiger partial charge on any atom is 0.306 e. The zero-order valence-corrected chi connectivity index (χ0v) is 15.4. The predicted octanol–water partition coefficient (Wildman–Crippen LogP) is 5.09. The molecular weight excluding hydrogens is 316 g/mol. The van der Waals surface area contributed by atoms with Crippen LogP contribution in [0.2, 0.25) is 0 Å². The van der Waals surface area contributed by atoms with Gasteiger partial charge in [0.15, 0.2) is 0 Å². The maximum absolute atomic E-state index is 11.6. The van der Waals surface area contributed by atoms with Crippen molar-refractivity contribution in [2.24, 2.45) is 5.92 Å². The molecule has 0 saturated heterocycles. The first-order chi connectivity index (χ1) is 12.0. The lowest BCUT2D eigenvalue weighted by molar-refractivity contribution is -0.142. The Morgan fingerprint density at radius 1 is 0.920 bits per heavy atom. The molecule has 0 radical (unpaired) electrons. The van der Waals surface area contributed by atoms with Gasteiger partial charge in [0.05, 0.1) is 5.92 Å². The van der Waals surface area contributed by atoms with E-state index in [9.17, 15) is 14.7 Å². The number of aryl methyl sites for hydroxylation is 1. The van der Waals surface area contributed by atoms with E-state index in [1.807, 2.05) is 12.1 Å². The van der Waals surface area contributed by atoms with Crippen LogP contribution in [0.15, 0.2) is 24.3 Å². The Hall–Kier alpha value is -1.84. The number of rotatable bonds is 14. The van der Waals surface area contributed by atoms with E-state index in [0.29, 0.717) is 19.3 Å². The fraction of sp³-hybridized carbons (Fsp3) is 0.619. The van der Waals surface area contributed by atoms with Gasteiger partial charge in [-0.2, -0.15) is 0 Å². The van der Waals surface area contributed by atoms with Crippen molar-refractivity contribution in [2.45, 2.75) is 77.6 Å². The van der Waals surface area contributed by atoms with E-state index in [2.05, 4.69) is 19.1 Å². The Morgan fingerprint density at radius 2 is 1.56 bits per heavy atom. The lowest BCUT2D eigenvalue weighted by atomic mass is 9.90. The summed E-state index contributed by atoms with van der Waals surface area (Å²) in [5.74, 6) is -1.79. The van der Waals surface area contributed by atoms with Gasteiger partial charge in [0.1, 0.15) is 0 Å². The third kappa shape index (κ3) is 9.28. The van der Waals surface area contributed by atoms with Gasteiger partial charge in [-0.25, -0.2) is 0 Å². The van der Waals surface area contributed by atoms with Gasteiger partial charge in [-0.05, 0) is 43.2 Å². The van der Waals surface area contributed by atoms with Crippen molar-refractivity contribution < 1.29 is 19.8 Å². The molecule has 140 valence electrons. The topological polar surface area (TPSA) is 74.6 Å². The van der Waals surface area contributed by atoms with Gasteiger partial charge in [-0.3, -0.25) is 9.59 Å². The minimum absolute atomic E-state index is 0.228. The molecular formula is C21H32O4. The van der Waals surface area contributed by atoms with Crippen LogP contribution in [0.25, 0.3) is 0 Å². The summed E-state index contributed by atoms with van der Waals surface area (Å²) in [4.78, 5) is 22.1. The minimum atomic E-state index is -0.743. The second-order valence-electron chi connectivity index (χ2n) is 6.81. The van der Waals surface area contributed by atoms with Crippen LogP contribution in [-0.2, 0) is 22.4 Å². The van der Waals surface area contributed by atoms with E-state index in [0.717, 1.165) is 44.9 Å². The van der Waals surface area contributed by atoms with Crippen molar-refractivity contribution in [1.29, 1.82) is 0 Å². The molecule has 4 nitrogen and oxygen atoms in total. The Morgan fingerprint density at radius 3 is 2.20 bits per heavy atom. The molecule has 0 aliphatic heterocycles. The molecule has 0 aliphatic carbocycles. The highest BCUT2D eigenvalue weighted by molar-refractivity contribution is 5.70. The number of carboxylic acids is 2. The molecule has 0 aromatic heterocycles. The molecule has 0 fully saturated rings. The van der Waals surface area contributed by atoms with Crippen LogP contribution in [0.5, 0.6) is 0 Å². The fourth-order valence-corrected chi connectivity index (χ4v) is 3.14. The number of unbranched alkanes of at least 4 members (excludes halogenated alkanes) is 5. The van der Waals surface area contributed by atoms with Crippen LogP contribution < -0.4 is 0 Å². The molecule has 2 N–H and O–H groups in total. The average Bonchev–Trinajstić information content (AvgIpc) is 2.58. The van der Waals surface area contributed by atoms with Crippen LogP contribution in [-0.4, -0.2) is 22.2 Å². The summed E-state index contributed by atoms with van der Waals surface area (Å²) in [5.41, 5.74) is 2.45. The van der Waals surface area contributed by atoms with Crippen LogP contribution in [0.3, 0.4) is 0 Å². The number of carboxylic acid groups (broad SMARTS) is 2. The quantitative estimate of drug-likeness (QED) is 0.459. The van der Waals surface area contributed by atoms with Crippen LogP contribution >= 0.6 is 0 Å². The molecule has 0 saturated carbocycles. The number of aliphatic carboxylic acids is 2. The fourth-order valence-electron chi connectivity index (χ4n) is 3.14. The zero-order chi connectivity index (χ0) is 18.5. The maximum atomic E-state index is 11.6. The summed E-state index contributed by atoms with van der Waals surface area (Å²) < 4.78 is 0. The first kappa shape index (κ1) is 21.2. The molecule has 0 spiro atoms. The lowest BCUT2D eigenvalue weighted by Gasteiger charge is -2.15. The summed E-state index contributed by atoms with van der Waals surface area (Å²) >= 11 is 0. The number of carbonyl (C=O) groups is 2. The van der Waals surface area contributed by atoms with Crippen molar-refractivity contribution in [3.8, 4) is 0 Å². The van der Waals surface area contributed by atoms with Crippen LogP contribution in [0.4, 0.5) is 0 Å². The SMILES string of the molecule is CCCCc1ccccc1CC(CCCCCCCC(=O)O)C(=O)O. The molecule has 1 unspecified atom stereocenters. The monoisotopic (exact) mass is 348 g/mol. The normalized spacial score (nSPS) is 12.0. The molecule has 0 bridgehead atoms. The first-order valence-electron chi connectivity index (χ1n) is 9.56. The van der Waals surface area contributed by atoms with Gasteiger partial charge in [0.25, 0.3) is 0 Å². The van der Waals surface area contributed by atoms with E-state index in [4.69, 9.17) is 5.11 Å². The van der Waals surface area contributed by atoms with Gasteiger partial charge in [-0.15, -0.1) is 0 Å². The second kappa shape index (κ2) is 12.5. The standard InChI is InChI=1S/C21H32O4/c1-2-3-11-17-12-9-10-13-18(17)16-19(21(24)25)14-7-5-4-6-8-15-20(22)23/h9-10,12-13,19H,2-8,11,14-16H2,1H3,(H,22,23)(H,24,25). The van der Waals surface area contributed by atoms with E-state index >= 15 is 0 Å². The number of benzene rings is 1. The predicted molar refractivity (Wildman–Crippen MR) is 99.8 cm³/mol. The summed E-state index contributed by atoms with van der Waals surface area (Å²) in [6.45, 7) is 2.17. The highest BCUT2D eigenvalue weighted by Crippen LogP contribution is 2.21. The smallest absolute Gasteiger partial charge is 0.306 e. The van der Waals surface area contributed by atoms with Crippen molar-refractivity contribution in [1.82, 2.24) is 0 Å². The highest BCUT2D eigenvalue weighted by Gasteiger charge is 2.18. The third-order valence-electron chi connectivity index (χ3n) is 4.68.